The molecule has 0 aliphatic heterocycles. The van der Waals surface area contributed by atoms with Crippen molar-refractivity contribution < 1.29 is 24.3 Å². The van der Waals surface area contributed by atoms with Gasteiger partial charge in [-0.05, 0) is 13.8 Å². The quantitative estimate of drug-likeness (QED) is 0.264. The molecule has 16 heavy (non-hydrogen) atoms. The molecule has 0 bridgehead atoms. The number of amides is 1. The highest BCUT2D eigenvalue weighted by Gasteiger charge is 2.28. The summed E-state index contributed by atoms with van der Waals surface area (Å²) in [6, 6.07) is -1.33. The third-order valence-electron chi connectivity index (χ3n) is 1.89. The largest absolute Gasteiger partial charge is 0.481 e. The van der Waals surface area contributed by atoms with E-state index in [-0.39, 0.29) is 6.42 Å². The molecule has 7 heteroatoms. The second-order valence-corrected chi connectivity index (χ2v) is 3.32. The van der Waals surface area contributed by atoms with E-state index in [0.717, 1.165) is 13.8 Å². The van der Waals surface area contributed by atoms with Crippen LogP contribution in [0.5, 0.6) is 0 Å². The second kappa shape index (κ2) is 5.96. The number of nitrogens with two attached hydrogens (primary N) is 1. The Kier molecular flexibility index (Phi) is 5.31. The number of nitrogens with zero attached hydrogens (tertiary/aromatic N) is 1. The van der Waals surface area contributed by atoms with Gasteiger partial charge in [-0.25, -0.2) is 5.84 Å². The first-order valence-electron chi connectivity index (χ1n) is 4.56. The number of hydrazine groups is 1. The van der Waals surface area contributed by atoms with Crippen LogP contribution in [-0.2, 0) is 19.2 Å². The summed E-state index contributed by atoms with van der Waals surface area (Å²) in [5.74, 6) is 2.28. The smallest absolute Gasteiger partial charge is 0.303 e. The van der Waals surface area contributed by atoms with Gasteiger partial charge in [0.25, 0.3) is 0 Å². The summed E-state index contributed by atoms with van der Waals surface area (Å²) in [7, 11) is 0. The highest BCUT2D eigenvalue weighted by molar-refractivity contribution is 6.06. The number of hydrogen-bond donors (Lipinski definition) is 2. The van der Waals surface area contributed by atoms with Crippen LogP contribution in [0.2, 0.25) is 0 Å². The summed E-state index contributed by atoms with van der Waals surface area (Å²) in [5.41, 5.74) is 0. The van der Waals surface area contributed by atoms with Gasteiger partial charge in [-0.1, -0.05) is 0 Å². The molecular weight excluding hydrogens is 216 g/mol. The number of carbonyl (C=O) groups is 4. The maximum absolute atomic E-state index is 11.3. The molecule has 0 saturated carbocycles. The van der Waals surface area contributed by atoms with Gasteiger partial charge in [-0.3, -0.25) is 24.2 Å². The third kappa shape index (κ3) is 4.18. The van der Waals surface area contributed by atoms with Crippen LogP contribution in [0.3, 0.4) is 0 Å². The van der Waals surface area contributed by atoms with E-state index in [9.17, 15) is 19.2 Å². The van der Waals surface area contributed by atoms with Crippen molar-refractivity contribution >= 4 is 23.4 Å². The summed E-state index contributed by atoms with van der Waals surface area (Å²) >= 11 is 0. The average molecular weight is 230 g/mol. The zero-order chi connectivity index (χ0) is 12.9. The molecule has 0 heterocycles. The van der Waals surface area contributed by atoms with Crippen LogP contribution in [0.1, 0.15) is 26.7 Å². The van der Waals surface area contributed by atoms with Crippen molar-refractivity contribution in [1.82, 2.24) is 5.01 Å². The number of aliphatic carboxylic acids is 1. The second-order valence-electron chi connectivity index (χ2n) is 3.32. The minimum Gasteiger partial charge on any atom is -0.481 e. The number of Topliss-reactive ketones (excluding diaryl/α,β-unsaturated/α-hetero) is 2. The fraction of sp³-hybridized carbons (Fsp3) is 0.556. The standard InChI is InChI=1S/C9H14N2O5/c1-5(12)9(6(2)13)11(10)7(14)3-4-8(15)16/h9H,3-4,10H2,1-2H3,(H,15,16). The molecule has 0 aromatic carbocycles. The van der Waals surface area contributed by atoms with Crippen molar-refractivity contribution in [2.75, 3.05) is 0 Å². The summed E-state index contributed by atoms with van der Waals surface area (Å²) in [6.45, 7) is 2.27. The molecule has 0 spiro atoms. The van der Waals surface area contributed by atoms with Gasteiger partial charge in [0, 0.05) is 6.42 Å². The van der Waals surface area contributed by atoms with Gasteiger partial charge in [-0.15, -0.1) is 0 Å². The number of hydrogen-bond acceptors (Lipinski definition) is 5. The lowest BCUT2D eigenvalue weighted by Crippen LogP contribution is -2.52. The van der Waals surface area contributed by atoms with E-state index in [1.165, 1.54) is 0 Å². The lowest BCUT2D eigenvalue weighted by molar-refractivity contribution is -0.146. The molecule has 0 saturated heterocycles. The molecule has 7 nitrogen and oxygen atoms in total. The third-order valence-corrected chi connectivity index (χ3v) is 1.89. The van der Waals surface area contributed by atoms with Gasteiger partial charge in [0.15, 0.2) is 17.6 Å². The number of carboxylic acid groups (broad SMARTS) is 1. The van der Waals surface area contributed by atoms with Gasteiger partial charge in [-0.2, -0.15) is 0 Å². The highest BCUT2D eigenvalue weighted by Crippen LogP contribution is 2.02. The van der Waals surface area contributed by atoms with Crippen molar-refractivity contribution in [2.24, 2.45) is 5.84 Å². The molecular formula is C9H14N2O5. The van der Waals surface area contributed by atoms with Crippen LogP contribution in [0.15, 0.2) is 0 Å². The van der Waals surface area contributed by atoms with Crippen LogP contribution in [0.25, 0.3) is 0 Å². The van der Waals surface area contributed by atoms with E-state index in [1.807, 2.05) is 0 Å². The maximum atomic E-state index is 11.3. The van der Waals surface area contributed by atoms with Gasteiger partial charge in [0.2, 0.25) is 5.91 Å². The zero-order valence-corrected chi connectivity index (χ0v) is 9.10. The van der Waals surface area contributed by atoms with Crippen molar-refractivity contribution in [3.05, 3.63) is 0 Å². The number of carbonyl (C=O) groups excluding carboxylic acids is 3. The predicted octanol–water partition coefficient (Wildman–Crippen LogP) is -0.900. The van der Waals surface area contributed by atoms with Gasteiger partial charge < -0.3 is 5.11 Å². The summed E-state index contributed by atoms with van der Waals surface area (Å²) in [5, 5.41) is 8.85. The van der Waals surface area contributed by atoms with Gasteiger partial charge in [0.05, 0.1) is 6.42 Å². The highest BCUT2D eigenvalue weighted by atomic mass is 16.4. The molecule has 0 aliphatic rings. The van der Waals surface area contributed by atoms with E-state index in [0.29, 0.717) is 5.01 Å². The van der Waals surface area contributed by atoms with Crippen molar-refractivity contribution in [1.29, 1.82) is 0 Å². The SMILES string of the molecule is CC(=O)C(C(C)=O)N(N)C(=O)CCC(=O)O. The Balaban J connectivity index is 4.56. The molecule has 0 atom stereocenters. The van der Waals surface area contributed by atoms with Crippen molar-refractivity contribution in [2.45, 2.75) is 32.7 Å². The summed E-state index contributed by atoms with van der Waals surface area (Å²) in [4.78, 5) is 43.7. The molecule has 0 rings (SSSR count). The predicted molar refractivity (Wildman–Crippen MR) is 53.1 cm³/mol. The van der Waals surface area contributed by atoms with Gasteiger partial charge in [0.1, 0.15) is 0 Å². The lowest BCUT2D eigenvalue weighted by atomic mass is 10.1. The van der Waals surface area contributed by atoms with Crippen molar-refractivity contribution in [3.8, 4) is 0 Å². The Morgan fingerprint density at radius 1 is 1.12 bits per heavy atom. The van der Waals surface area contributed by atoms with Crippen molar-refractivity contribution in [3.63, 3.8) is 0 Å². The van der Waals surface area contributed by atoms with E-state index >= 15 is 0 Å². The van der Waals surface area contributed by atoms with E-state index in [1.54, 1.807) is 0 Å². The lowest BCUT2D eigenvalue weighted by Gasteiger charge is -2.22. The number of ketones is 2. The van der Waals surface area contributed by atoms with Crippen LogP contribution in [0, 0.1) is 0 Å². The molecule has 0 radical (unpaired) electrons. The first-order valence-corrected chi connectivity index (χ1v) is 4.56. The Hall–Kier alpha value is -1.76. The maximum Gasteiger partial charge on any atom is 0.303 e. The normalized spacial score (nSPS) is 10.0. The minimum absolute atomic E-state index is 0.344. The molecule has 0 aromatic heterocycles. The fourth-order valence-corrected chi connectivity index (χ4v) is 1.16. The molecule has 90 valence electrons. The molecule has 1 amide bonds. The first-order chi connectivity index (χ1) is 7.27. The topological polar surface area (TPSA) is 118 Å². The molecule has 0 aromatic rings. The first kappa shape index (κ1) is 14.2. The molecule has 3 N–H and O–H groups in total. The van der Waals surface area contributed by atoms with Crippen LogP contribution in [0.4, 0.5) is 0 Å². The number of rotatable bonds is 6. The summed E-state index contributed by atoms with van der Waals surface area (Å²) < 4.78 is 0. The number of carboxylic acids is 1. The minimum atomic E-state index is -1.33. The molecule has 0 unspecified atom stereocenters. The Labute approximate surface area is 92.2 Å². The molecule has 0 fully saturated rings. The Morgan fingerprint density at radius 3 is 1.88 bits per heavy atom. The summed E-state index contributed by atoms with van der Waals surface area (Å²) in [6.07, 6.45) is -0.738. The molecule has 0 aliphatic carbocycles. The zero-order valence-electron chi connectivity index (χ0n) is 9.10. The van der Waals surface area contributed by atoms with Crippen LogP contribution in [-0.4, -0.2) is 39.6 Å². The van der Waals surface area contributed by atoms with Gasteiger partial charge >= 0.3 is 5.97 Å². The van der Waals surface area contributed by atoms with Crippen LogP contribution >= 0.6 is 0 Å². The monoisotopic (exact) mass is 230 g/mol. The van der Waals surface area contributed by atoms with E-state index in [2.05, 4.69) is 0 Å². The Bertz CT molecular complexity index is 312. The Morgan fingerprint density at radius 2 is 1.56 bits per heavy atom. The average Bonchev–Trinajstić information content (AvgIpc) is 2.12. The van der Waals surface area contributed by atoms with E-state index < -0.39 is 35.9 Å². The van der Waals surface area contributed by atoms with Crippen LogP contribution < -0.4 is 5.84 Å². The fourth-order valence-electron chi connectivity index (χ4n) is 1.16. The van der Waals surface area contributed by atoms with E-state index in [4.69, 9.17) is 10.9 Å².